The van der Waals surface area contributed by atoms with Gasteiger partial charge in [0.15, 0.2) is 5.96 Å². The maximum Gasteiger partial charge on any atom is 0.194 e. The van der Waals surface area contributed by atoms with Crippen molar-refractivity contribution in [3.63, 3.8) is 0 Å². The molecule has 0 radical (unpaired) electrons. The van der Waals surface area contributed by atoms with Crippen LogP contribution in [0.4, 0.5) is 0 Å². The lowest BCUT2D eigenvalue weighted by molar-refractivity contribution is 0.410. The summed E-state index contributed by atoms with van der Waals surface area (Å²) in [5, 5.41) is 3.89. The molecule has 4 heteroatoms. The third kappa shape index (κ3) is 3.67. The molecule has 0 saturated carbocycles. The summed E-state index contributed by atoms with van der Waals surface area (Å²) in [6.07, 6.45) is 6.44. The third-order valence-corrected chi connectivity index (χ3v) is 3.83. The molecule has 84 valence electrons. The Hall–Kier alpha value is -0.820. The fourth-order valence-corrected chi connectivity index (χ4v) is 2.80. The van der Waals surface area contributed by atoms with Crippen molar-refractivity contribution in [1.82, 2.24) is 10.2 Å². The Balaban J connectivity index is 2.49. The van der Waals surface area contributed by atoms with E-state index in [1.54, 1.807) is 0 Å². The minimum atomic E-state index is 0.549. The number of terminal acetylenes is 1. The van der Waals surface area contributed by atoms with Crippen LogP contribution in [-0.4, -0.2) is 48.5 Å². The van der Waals surface area contributed by atoms with Gasteiger partial charge in [-0.2, -0.15) is 11.8 Å². The first kappa shape index (κ1) is 12.3. The predicted octanol–water partition coefficient (Wildman–Crippen LogP) is 1.02. The monoisotopic (exact) mass is 225 g/mol. The second-order valence-corrected chi connectivity index (χ2v) is 4.86. The van der Waals surface area contributed by atoms with Crippen molar-refractivity contribution in [1.29, 1.82) is 0 Å². The van der Waals surface area contributed by atoms with Gasteiger partial charge in [0, 0.05) is 31.1 Å². The van der Waals surface area contributed by atoms with Crippen molar-refractivity contribution in [2.75, 3.05) is 32.4 Å². The van der Waals surface area contributed by atoms with Gasteiger partial charge in [0.2, 0.25) is 0 Å². The first-order valence-electron chi connectivity index (χ1n) is 5.32. The first-order chi connectivity index (χ1) is 7.31. The first-order valence-corrected chi connectivity index (χ1v) is 6.37. The molecular formula is C11H19N3S. The molecule has 1 rings (SSSR count). The average molecular weight is 225 g/mol. The van der Waals surface area contributed by atoms with Crippen LogP contribution in [0.3, 0.4) is 0 Å². The molecule has 0 aromatic carbocycles. The number of nitrogens with zero attached hydrogens (tertiary/aromatic N) is 2. The van der Waals surface area contributed by atoms with Crippen LogP contribution in [0, 0.1) is 12.3 Å². The summed E-state index contributed by atoms with van der Waals surface area (Å²) in [6.45, 7) is 4.92. The molecule has 1 atom stereocenters. The lowest BCUT2D eigenvalue weighted by Crippen LogP contribution is -2.48. The molecule has 0 aromatic heterocycles. The number of nitrogens with one attached hydrogen (secondary N) is 1. The topological polar surface area (TPSA) is 27.6 Å². The summed E-state index contributed by atoms with van der Waals surface area (Å²) in [7, 11) is 1.81. The lowest BCUT2D eigenvalue weighted by atomic mass is 10.3. The normalized spacial score (nSPS) is 22.3. The van der Waals surface area contributed by atoms with Crippen molar-refractivity contribution in [3.8, 4) is 12.3 Å². The van der Waals surface area contributed by atoms with Crippen LogP contribution in [0.5, 0.6) is 0 Å². The molecule has 0 spiro atoms. The standard InChI is InChI=1S/C11H19N3S/c1-4-6-13-11(12-3)14-7-8-15-10(5-2)9-14/h1,10H,5-9H2,2-3H3,(H,12,13). The minimum Gasteiger partial charge on any atom is -0.345 e. The largest absolute Gasteiger partial charge is 0.345 e. The smallest absolute Gasteiger partial charge is 0.194 e. The molecule has 1 N–H and O–H groups in total. The quantitative estimate of drug-likeness (QED) is 0.432. The Morgan fingerprint density at radius 3 is 3.13 bits per heavy atom. The number of hydrogen-bond acceptors (Lipinski definition) is 2. The van der Waals surface area contributed by atoms with Crippen molar-refractivity contribution in [2.45, 2.75) is 18.6 Å². The van der Waals surface area contributed by atoms with Crippen LogP contribution in [0.25, 0.3) is 0 Å². The fourth-order valence-electron chi connectivity index (χ4n) is 1.62. The van der Waals surface area contributed by atoms with Gasteiger partial charge >= 0.3 is 0 Å². The number of rotatable bonds is 2. The number of hydrogen-bond donors (Lipinski definition) is 1. The molecule has 3 nitrogen and oxygen atoms in total. The van der Waals surface area contributed by atoms with E-state index < -0.39 is 0 Å². The zero-order valence-electron chi connectivity index (χ0n) is 9.49. The van der Waals surface area contributed by atoms with E-state index in [0.717, 1.165) is 24.3 Å². The second kappa shape index (κ2) is 6.62. The van der Waals surface area contributed by atoms with Crippen LogP contribution < -0.4 is 5.32 Å². The molecule has 1 saturated heterocycles. The van der Waals surface area contributed by atoms with E-state index in [1.807, 2.05) is 7.05 Å². The third-order valence-electron chi connectivity index (χ3n) is 2.45. The van der Waals surface area contributed by atoms with E-state index in [1.165, 1.54) is 12.2 Å². The molecule has 1 unspecified atom stereocenters. The molecular weight excluding hydrogens is 206 g/mol. The van der Waals surface area contributed by atoms with E-state index >= 15 is 0 Å². The molecule has 0 aliphatic carbocycles. The van der Waals surface area contributed by atoms with E-state index in [2.05, 4.69) is 39.8 Å². The van der Waals surface area contributed by atoms with Crippen molar-refractivity contribution in [2.24, 2.45) is 4.99 Å². The SMILES string of the molecule is C#CCNC(=NC)N1CCSC(CC)C1. The molecule has 1 heterocycles. The van der Waals surface area contributed by atoms with Gasteiger partial charge in [0.05, 0.1) is 6.54 Å². The van der Waals surface area contributed by atoms with Gasteiger partial charge < -0.3 is 10.2 Å². The summed E-state index contributed by atoms with van der Waals surface area (Å²) < 4.78 is 0. The van der Waals surface area contributed by atoms with Gasteiger partial charge in [0.1, 0.15) is 0 Å². The van der Waals surface area contributed by atoms with Gasteiger partial charge in [0.25, 0.3) is 0 Å². The van der Waals surface area contributed by atoms with Crippen LogP contribution in [-0.2, 0) is 0 Å². The Kier molecular flexibility index (Phi) is 5.41. The van der Waals surface area contributed by atoms with E-state index in [-0.39, 0.29) is 0 Å². The summed E-state index contributed by atoms with van der Waals surface area (Å²) in [6, 6.07) is 0. The minimum absolute atomic E-state index is 0.549. The summed E-state index contributed by atoms with van der Waals surface area (Å²) in [5.41, 5.74) is 0. The van der Waals surface area contributed by atoms with Crippen LogP contribution in [0.15, 0.2) is 4.99 Å². The predicted molar refractivity (Wildman–Crippen MR) is 68.3 cm³/mol. The van der Waals surface area contributed by atoms with Crippen molar-refractivity contribution < 1.29 is 0 Å². The maximum atomic E-state index is 5.22. The molecule has 0 bridgehead atoms. The highest BCUT2D eigenvalue weighted by molar-refractivity contribution is 8.00. The van der Waals surface area contributed by atoms with Gasteiger partial charge in [-0.15, -0.1) is 6.42 Å². The molecule has 15 heavy (non-hydrogen) atoms. The lowest BCUT2D eigenvalue weighted by Gasteiger charge is -2.34. The van der Waals surface area contributed by atoms with Crippen LogP contribution in [0.2, 0.25) is 0 Å². The second-order valence-electron chi connectivity index (χ2n) is 3.45. The Morgan fingerprint density at radius 1 is 1.73 bits per heavy atom. The Morgan fingerprint density at radius 2 is 2.53 bits per heavy atom. The van der Waals surface area contributed by atoms with E-state index in [4.69, 9.17) is 6.42 Å². The van der Waals surface area contributed by atoms with Crippen LogP contribution in [0.1, 0.15) is 13.3 Å². The number of aliphatic imine (C=N–C) groups is 1. The van der Waals surface area contributed by atoms with Gasteiger partial charge in [-0.25, -0.2) is 0 Å². The molecule has 1 aliphatic heterocycles. The molecule has 0 aromatic rings. The summed E-state index contributed by atoms with van der Waals surface area (Å²) >= 11 is 2.05. The highest BCUT2D eigenvalue weighted by atomic mass is 32.2. The zero-order chi connectivity index (χ0) is 11.1. The number of guanidine groups is 1. The molecule has 0 amide bonds. The van der Waals surface area contributed by atoms with E-state index in [9.17, 15) is 0 Å². The van der Waals surface area contributed by atoms with Crippen LogP contribution >= 0.6 is 11.8 Å². The van der Waals surface area contributed by atoms with Crippen molar-refractivity contribution >= 4 is 17.7 Å². The maximum absolute atomic E-state index is 5.22. The molecule has 1 aliphatic rings. The highest BCUT2D eigenvalue weighted by Gasteiger charge is 2.20. The average Bonchev–Trinajstić information content (AvgIpc) is 2.30. The van der Waals surface area contributed by atoms with Gasteiger partial charge in [-0.1, -0.05) is 12.8 Å². The highest BCUT2D eigenvalue weighted by Crippen LogP contribution is 2.20. The Labute approximate surface area is 96.7 Å². The zero-order valence-corrected chi connectivity index (χ0v) is 10.3. The van der Waals surface area contributed by atoms with Gasteiger partial charge in [-0.3, -0.25) is 4.99 Å². The number of thioether (sulfide) groups is 1. The summed E-state index contributed by atoms with van der Waals surface area (Å²) in [4.78, 5) is 6.54. The summed E-state index contributed by atoms with van der Waals surface area (Å²) in [5.74, 6) is 4.69. The molecule has 1 fully saturated rings. The van der Waals surface area contributed by atoms with Gasteiger partial charge in [-0.05, 0) is 6.42 Å². The van der Waals surface area contributed by atoms with Crippen molar-refractivity contribution in [3.05, 3.63) is 0 Å². The Bertz CT molecular complexity index is 257. The fraction of sp³-hybridized carbons (Fsp3) is 0.727. The van der Waals surface area contributed by atoms with E-state index in [0.29, 0.717) is 6.54 Å².